The number of hydrogen-bond acceptors (Lipinski definition) is 2. The molecule has 0 unspecified atom stereocenters. The summed E-state index contributed by atoms with van der Waals surface area (Å²) in [5, 5.41) is 2.90. The van der Waals surface area contributed by atoms with E-state index in [-0.39, 0.29) is 5.91 Å². The zero-order valence-corrected chi connectivity index (χ0v) is 12.0. The van der Waals surface area contributed by atoms with Crippen LogP contribution in [0.4, 0.5) is 0 Å². The molecule has 19 heavy (non-hydrogen) atoms. The summed E-state index contributed by atoms with van der Waals surface area (Å²) in [4.78, 5) is 11.8. The molecule has 1 aromatic carbocycles. The van der Waals surface area contributed by atoms with Crippen LogP contribution in [0.1, 0.15) is 24.8 Å². The van der Waals surface area contributed by atoms with Gasteiger partial charge in [-0.3, -0.25) is 10.2 Å². The number of amides is 1. The van der Waals surface area contributed by atoms with Gasteiger partial charge in [-0.25, -0.2) is 5.01 Å². The summed E-state index contributed by atoms with van der Waals surface area (Å²) in [6.45, 7) is 1.83. The number of piperidine rings is 1. The topological polar surface area (TPSA) is 32.3 Å². The Hall–Kier alpha value is -1.03. The van der Waals surface area contributed by atoms with Crippen LogP contribution in [0.15, 0.2) is 24.3 Å². The van der Waals surface area contributed by atoms with Gasteiger partial charge in [0, 0.05) is 19.2 Å². The third kappa shape index (κ3) is 4.23. The standard InChI is InChI=1S/C14H16Cl2N2O/c15-12-6-4-5-11(14(12)16)7-8-13(19)17-18-9-2-1-3-10-18/h4-8H,1-3,9-10H2,(H,17,19)/b8-7+. The Kier molecular flexibility index (Phi) is 5.25. The van der Waals surface area contributed by atoms with Gasteiger partial charge < -0.3 is 0 Å². The van der Waals surface area contributed by atoms with Crippen LogP contribution < -0.4 is 5.43 Å². The molecule has 5 heteroatoms. The van der Waals surface area contributed by atoms with Gasteiger partial charge in [0.05, 0.1) is 10.0 Å². The smallest absolute Gasteiger partial charge is 0.258 e. The van der Waals surface area contributed by atoms with E-state index in [1.54, 1.807) is 18.2 Å². The highest BCUT2D eigenvalue weighted by atomic mass is 35.5. The van der Waals surface area contributed by atoms with Crippen molar-refractivity contribution in [1.29, 1.82) is 0 Å². The van der Waals surface area contributed by atoms with Crippen molar-refractivity contribution in [2.24, 2.45) is 0 Å². The zero-order chi connectivity index (χ0) is 13.7. The molecule has 1 N–H and O–H groups in total. The third-order valence-corrected chi connectivity index (χ3v) is 3.85. The van der Waals surface area contributed by atoms with Crippen molar-refractivity contribution in [1.82, 2.24) is 10.4 Å². The van der Waals surface area contributed by atoms with Crippen LogP contribution in [0.25, 0.3) is 6.08 Å². The lowest BCUT2D eigenvalue weighted by Crippen LogP contribution is -2.44. The summed E-state index contributed by atoms with van der Waals surface area (Å²) in [5.74, 6) is -0.141. The quantitative estimate of drug-likeness (QED) is 0.866. The SMILES string of the molecule is O=C(/C=C/c1cccc(Cl)c1Cl)NN1CCCCC1. The minimum atomic E-state index is -0.141. The molecule has 0 radical (unpaired) electrons. The Balaban J connectivity index is 1.94. The number of carbonyl (C=O) groups is 1. The highest BCUT2D eigenvalue weighted by Gasteiger charge is 2.11. The molecule has 0 spiro atoms. The highest BCUT2D eigenvalue weighted by Crippen LogP contribution is 2.26. The molecule has 0 aromatic heterocycles. The number of hydrazine groups is 1. The lowest BCUT2D eigenvalue weighted by molar-refractivity contribution is -0.121. The molecule has 0 saturated carbocycles. The summed E-state index contributed by atoms with van der Waals surface area (Å²) < 4.78 is 0. The van der Waals surface area contributed by atoms with Crippen LogP contribution >= 0.6 is 23.2 Å². The van der Waals surface area contributed by atoms with Crippen molar-refractivity contribution in [3.8, 4) is 0 Å². The van der Waals surface area contributed by atoms with E-state index < -0.39 is 0 Å². The maximum atomic E-state index is 11.8. The van der Waals surface area contributed by atoms with Crippen molar-refractivity contribution < 1.29 is 4.79 Å². The first kappa shape index (κ1) is 14.4. The Morgan fingerprint density at radius 3 is 2.68 bits per heavy atom. The Labute approximate surface area is 123 Å². The maximum absolute atomic E-state index is 11.8. The molecule has 1 aromatic rings. The third-order valence-electron chi connectivity index (χ3n) is 3.02. The van der Waals surface area contributed by atoms with Gasteiger partial charge in [-0.2, -0.15) is 0 Å². The van der Waals surface area contributed by atoms with Gasteiger partial charge in [0.1, 0.15) is 0 Å². The average molecular weight is 299 g/mol. The molecule has 1 amide bonds. The second-order valence-electron chi connectivity index (χ2n) is 4.50. The van der Waals surface area contributed by atoms with Crippen LogP contribution in [0.3, 0.4) is 0 Å². The van der Waals surface area contributed by atoms with Crippen molar-refractivity contribution in [3.05, 3.63) is 39.9 Å². The fourth-order valence-electron chi connectivity index (χ4n) is 2.01. The van der Waals surface area contributed by atoms with Crippen LogP contribution in [0.2, 0.25) is 10.0 Å². The highest BCUT2D eigenvalue weighted by molar-refractivity contribution is 6.42. The molecular weight excluding hydrogens is 283 g/mol. The largest absolute Gasteiger partial charge is 0.285 e. The van der Waals surface area contributed by atoms with Crippen molar-refractivity contribution in [2.75, 3.05) is 13.1 Å². The Morgan fingerprint density at radius 1 is 1.21 bits per heavy atom. The first-order valence-electron chi connectivity index (χ1n) is 6.34. The van der Waals surface area contributed by atoms with Crippen molar-refractivity contribution >= 4 is 35.2 Å². The molecule has 1 aliphatic heterocycles. The molecule has 3 nitrogen and oxygen atoms in total. The summed E-state index contributed by atoms with van der Waals surface area (Å²) in [6, 6.07) is 5.34. The van der Waals surface area contributed by atoms with Crippen LogP contribution in [-0.2, 0) is 4.79 Å². The Morgan fingerprint density at radius 2 is 1.95 bits per heavy atom. The number of rotatable bonds is 3. The summed E-state index contributed by atoms with van der Waals surface area (Å²) >= 11 is 12.0. The van der Waals surface area contributed by atoms with Crippen LogP contribution in [-0.4, -0.2) is 24.0 Å². The first-order chi connectivity index (χ1) is 9.16. The fourth-order valence-corrected chi connectivity index (χ4v) is 2.38. The molecular formula is C14H16Cl2N2O. The zero-order valence-electron chi connectivity index (χ0n) is 10.5. The van der Waals surface area contributed by atoms with Gasteiger partial charge in [0.2, 0.25) is 0 Å². The van der Waals surface area contributed by atoms with E-state index in [9.17, 15) is 4.79 Å². The van der Waals surface area contributed by atoms with E-state index >= 15 is 0 Å². The van der Waals surface area contributed by atoms with E-state index in [1.807, 2.05) is 11.1 Å². The average Bonchev–Trinajstić information content (AvgIpc) is 2.42. The molecule has 1 saturated heterocycles. The van der Waals surface area contributed by atoms with Gasteiger partial charge in [0.15, 0.2) is 0 Å². The number of carbonyl (C=O) groups excluding carboxylic acids is 1. The van der Waals surface area contributed by atoms with Crippen molar-refractivity contribution in [3.63, 3.8) is 0 Å². The number of hydrogen-bond donors (Lipinski definition) is 1. The molecule has 1 fully saturated rings. The lowest BCUT2D eigenvalue weighted by atomic mass is 10.2. The molecule has 2 rings (SSSR count). The fraction of sp³-hybridized carbons (Fsp3) is 0.357. The Bertz CT molecular complexity index is 482. The van der Waals surface area contributed by atoms with Crippen LogP contribution in [0, 0.1) is 0 Å². The summed E-state index contributed by atoms with van der Waals surface area (Å²) in [5.41, 5.74) is 3.59. The van der Waals surface area contributed by atoms with Gasteiger partial charge in [-0.05, 0) is 30.5 Å². The summed E-state index contributed by atoms with van der Waals surface area (Å²) in [6.07, 6.45) is 6.65. The van der Waals surface area contributed by atoms with E-state index in [4.69, 9.17) is 23.2 Å². The van der Waals surface area contributed by atoms with Gasteiger partial charge >= 0.3 is 0 Å². The van der Waals surface area contributed by atoms with E-state index in [1.165, 1.54) is 12.5 Å². The summed E-state index contributed by atoms with van der Waals surface area (Å²) in [7, 11) is 0. The predicted molar refractivity (Wildman–Crippen MR) is 79.1 cm³/mol. The maximum Gasteiger partial charge on any atom is 0.258 e. The predicted octanol–water partition coefficient (Wildman–Crippen LogP) is 3.52. The second-order valence-corrected chi connectivity index (χ2v) is 5.29. The number of benzene rings is 1. The van der Waals surface area contributed by atoms with Gasteiger partial charge in [0.25, 0.3) is 5.91 Å². The minimum absolute atomic E-state index is 0.141. The monoisotopic (exact) mass is 298 g/mol. The number of nitrogens with zero attached hydrogens (tertiary/aromatic N) is 1. The molecule has 0 atom stereocenters. The van der Waals surface area contributed by atoms with Gasteiger partial charge in [-0.1, -0.05) is 41.8 Å². The van der Waals surface area contributed by atoms with E-state index in [0.717, 1.165) is 31.5 Å². The van der Waals surface area contributed by atoms with Crippen LogP contribution in [0.5, 0.6) is 0 Å². The van der Waals surface area contributed by atoms with E-state index in [2.05, 4.69) is 5.43 Å². The number of nitrogens with one attached hydrogen (secondary N) is 1. The molecule has 0 aliphatic carbocycles. The normalized spacial score (nSPS) is 16.7. The van der Waals surface area contributed by atoms with Gasteiger partial charge in [-0.15, -0.1) is 0 Å². The molecule has 102 valence electrons. The first-order valence-corrected chi connectivity index (χ1v) is 7.10. The minimum Gasteiger partial charge on any atom is -0.285 e. The molecule has 1 aliphatic rings. The molecule has 1 heterocycles. The number of halogens is 2. The second kappa shape index (κ2) is 6.94. The van der Waals surface area contributed by atoms with Crippen molar-refractivity contribution in [2.45, 2.75) is 19.3 Å². The molecule has 0 bridgehead atoms. The lowest BCUT2D eigenvalue weighted by Gasteiger charge is -2.26. The van der Waals surface area contributed by atoms with E-state index in [0.29, 0.717) is 10.0 Å².